The normalized spacial score (nSPS) is 10.4. The molecular weight excluding hydrogens is 244 g/mol. The third-order valence-electron chi connectivity index (χ3n) is 2.80. The minimum absolute atomic E-state index is 0.0382. The number of para-hydroxylation sites is 1. The van der Waals surface area contributed by atoms with Crippen LogP contribution in [0.15, 0.2) is 30.6 Å². The summed E-state index contributed by atoms with van der Waals surface area (Å²) in [7, 11) is 0. The molecule has 2 aromatic rings. The number of aromatic hydroxyl groups is 1. The van der Waals surface area contributed by atoms with E-state index in [1.54, 1.807) is 42.2 Å². The van der Waals surface area contributed by atoms with Crippen molar-refractivity contribution in [2.75, 3.05) is 6.54 Å². The van der Waals surface area contributed by atoms with Gasteiger partial charge in [0.2, 0.25) is 0 Å². The highest BCUT2D eigenvalue weighted by Gasteiger charge is 2.11. The highest BCUT2D eigenvalue weighted by atomic mass is 16.3. The molecule has 0 radical (unpaired) electrons. The zero-order valence-corrected chi connectivity index (χ0v) is 10.7. The number of phenols is 1. The van der Waals surface area contributed by atoms with E-state index in [1.165, 1.54) is 0 Å². The Morgan fingerprint density at radius 2 is 2.32 bits per heavy atom. The van der Waals surface area contributed by atoms with Crippen molar-refractivity contribution >= 4 is 5.91 Å². The number of phenolic OH excluding ortho intramolecular Hbond substituents is 1. The molecule has 1 aromatic heterocycles. The molecule has 0 spiro atoms. The van der Waals surface area contributed by atoms with Gasteiger partial charge in [-0.25, -0.2) is 0 Å². The molecule has 0 aliphatic rings. The molecule has 1 heterocycles. The van der Waals surface area contributed by atoms with Gasteiger partial charge in [-0.2, -0.15) is 0 Å². The molecule has 0 aliphatic carbocycles. The van der Waals surface area contributed by atoms with Crippen molar-refractivity contribution in [3.63, 3.8) is 0 Å². The van der Waals surface area contributed by atoms with Crippen molar-refractivity contribution < 1.29 is 9.90 Å². The van der Waals surface area contributed by atoms with E-state index < -0.39 is 0 Å². The summed E-state index contributed by atoms with van der Waals surface area (Å²) >= 11 is 0. The summed E-state index contributed by atoms with van der Waals surface area (Å²) in [4.78, 5) is 11.9. The number of hydrogen-bond donors (Lipinski definition) is 2. The number of nitrogens with one attached hydrogen (secondary N) is 1. The highest BCUT2D eigenvalue weighted by Crippen LogP contribution is 2.20. The Morgan fingerprint density at radius 3 is 3.05 bits per heavy atom. The maximum absolute atomic E-state index is 11.9. The summed E-state index contributed by atoms with van der Waals surface area (Å²) in [5.41, 5.74) is 0.996. The lowest BCUT2D eigenvalue weighted by Gasteiger charge is -2.08. The molecule has 6 nitrogen and oxygen atoms in total. The molecule has 2 N–H and O–H groups in total. The molecule has 1 aromatic carbocycles. The fourth-order valence-electron chi connectivity index (χ4n) is 1.73. The molecule has 19 heavy (non-hydrogen) atoms. The van der Waals surface area contributed by atoms with Crippen LogP contribution in [0.3, 0.4) is 0 Å². The van der Waals surface area contributed by atoms with Crippen molar-refractivity contribution in [2.24, 2.45) is 0 Å². The van der Waals surface area contributed by atoms with Gasteiger partial charge in [-0.05, 0) is 25.0 Å². The van der Waals surface area contributed by atoms with Gasteiger partial charge in [0.25, 0.3) is 5.91 Å². The molecular formula is C13H16N4O2. The van der Waals surface area contributed by atoms with E-state index in [4.69, 9.17) is 0 Å². The van der Waals surface area contributed by atoms with Crippen molar-refractivity contribution in [3.05, 3.63) is 41.7 Å². The number of nitrogens with zero attached hydrogens (tertiary/aromatic N) is 3. The van der Waals surface area contributed by atoms with Crippen molar-refractivity contribution in [1.29, 1.82) is 0 Å². The van der Waals surface area contributed by atoms with Crippen LogP contribution in [0.1, 0.15) is 22.3 Å². The minimum atomic E-state index is -0.264. The van der Waals surface area contributed by atoms with E-state index in [9.17, 15) is 9.90 Å². The quantitative estimate of drug-likeness (QED) is 0.789. The van der Waals surface area contributed by atoms with Crippen LogP contribution in [-0.4, -0.2) is 32.6 Å². The first-order chi connectivity index (χ1) is 9.18. The molecule has 100 valence electrons. The van der Waals surface area contributed by atoms with Crippen LogP contribution in [0.4, 0.5) is 0 Å². The molecule has 2 rings (SSSR count). The predicted molar refractivity (Wildman–Crippen MR) is 69.8 cm³/mol. The largest absolute Gasteiger partial charge is 0.507 e. The smallest absolute Gasteiger partial charge is 0.255 e. The molecule has 0 saturated carbocycles. The molecule has 0 unspecified atom stereocenters. The van der Waals surface area contributed by atoms with Crippen LogP contribution >= 0.6 is 0 Å². The molecule has 0 aliphatic heterocycles. The zero-order chi connectivity index (χ0) is 13.7. The van der Waals surface area contributed by atoms with E-state index in [0.717, 1.165) is 6.42 Å². The highest BCUT2D eigenvalue weighted by molar-refractivity contribution is 5.97. The Hall–Kier alpha value is -2.37. The standard InChI is InChI=1S/C13H16N4O2/c1-10-4-2-5-11(12(10)18)13(19)14-6-3-8-17-9-7-15-16-17/h2,4-5,7,9,18H,3,6,8H2,1H3,(H,14,19). The van der Waals surface area contributed by atoms with Crippen LogP contribution in [0.25, 0.3) is 0 Å². The van der Waals surface area contributed by atoms with Gasteiger partial charge in [-0.3, -0.25) is 9.48 Å². The van der Waals surface area contributed by atoms with Gasteiger partial charge in [0.1, 0.15) is 5.75 Å². The topological polar surface area (TPSA) is 80.0 Å². The van der Waals surface area contributed by atoms with Gasteiger partial charge >= 0.3 is 0 Å². The Bertz CT molecular complexity index is 552. The first kappa shape index (κ1) is 13.1. The van der Waals surface area contributed by atoms with E-state index in [-0.39, 0.29) is 11.7 Å². The Morgan fingerprint density at radius 1 is 1.47 bits per heavy atom. The van der Waals surface area contributed by atoms with E-state index in [2.05, 4.69) is 15.6 Å². The second kappa shape index (κ2) is 5.99. The number of aromatic nitrogens is 3. The number of carbonyl (C=O) groups is 1. The summed E-state index contributed by atoms with van der Waals surface area (Å²) in [5.74, 6) is -0.226. The lowest BCUT2D eigenvalue weighted by atomic mass is 10.1. The molecule has 0 atom stereocenters. The van der Waals surface area contributed by atoms with Crippen LogP contribution in [0.2, 0.25) is 0 Å². The van der Waals surface area contributed by atoms with Crippen molar-refractivity contribution in [1.82, 2.24) is 20.3 Å². The number of amides is 1. The minimum Gasteiger partial charge on any atom is -0.507 e. The summed E-state index contributed by atoms with van der Waals surface area (Å²) < 4.78 is 1.70. The fourth-order valence-corrected chi connectivity index (χ4v) is 1.73. The zero-order valence-electron chi connectivity index (χ0n) is 10.7. The molecule has 0 bridgehead atoms. The number of hydrogen-bond acceptors (Lipinski definition) is 4. The summed E-state index contributed by atoms with van der Waals surface area (Å²) in [6.45, 7) is 2.98. The van der Waals surface area contributed by atoms with Gasteiger partial charge in [0, 0.05) is 19.3 Å². The third kappa shape index (κ3) is 3.31. The molecule has 1 amide bonds. The van der Waals surface area contributed by atoms with Gasteiger partial charge < -0.3 is 10.4 Å². The Labute approximate surface area is 111 Å². The van der Waals surface area contributed by atoms with Gasteiger partial charge in [-0.1, -0.05) is 17.3 Å². The Balaban J connectivity index is 1.83. The maximum Gasteiger partial charge on any atom is 0.255 e. The second-order valence-corrected chi connectivity index (χ2v) is 4.25. The van der Waals surface area contributed by atoms with Crippen molar-refractivity contribution in [3.8, 4) is 5.75 Å². The van der Waals surface area contributed by atoms with E-state index in [0.29, 0.717) is 24.2 Å². The third-order valence-corrected chi connectivity index (χ3v) is 2.80. The summed E-state index contributed by atoms with van der Waals surface area (Å²) in [6.07, 6.45) is 4.14. The number of carbonyl (C=O) groups excluding carboxylic acids is 1. The SMILES string of the molecule is Cc1cccc(C(=O)NCCCn2ccnn2)c1O. The van der Waals surface area contributed by atoms with Gasteiger partial charge in [0.15, 0.2) is 0 Å². The molecule has 0 saturated heterocycles. The average Bonchev–Trinajstić information content (AvgIpc) is 2.91. The van der Waals surface area contributed by atoms with E-state index in [1.807, 2.05) is 0 Å². The van der Waals surface area contributed by atoms with Gasteiger partial charge in [-0.15, -0.1) is 5.10 Å². The monoisotopic (exact) mass is 260 g/mol. The maximum atomic E-state index is 11.9. The van der Waals surface area contributed by atoms with Crippen LogP contribution in [0, 0.1) is 6.92 Å². The lowest BCUT2D eigenvalue weighted by Crippen LogP contribution is -2.25. The predicted octanol–water partition coefficient (Wildman–Crippen LogP) is 1.11. The summed E-state index contributed by atoms with van der Waals surface area (Å²) in [6, 6.07) is 5.12. The molecule has 6 heteroatoms. The lowest BCUT2D eigenvalue weighted by molar-refractivity contribution is 0.0950. The van der Waals surface area contributed by atoms with Crippen LogP contribution in [-0.2, 0) is 6.54 Å². The molecule has 0 fully saturated rings. The first-order valence-electron chi connectivity index (χ1n) is 6.09. The average molecular weight is 260 g/mol. The fraction of sp³-hybridized carbons (Fsp3) is 0.308. The van der Waals surface area contributed by atoms with Gasteiger partial charge in [0.05, 0.1) is 11.8 Å². The van der Waals surface area contributed by atoms with Crippen molar-refractivity contribution in [2.45, 2.75) is 19.9 Å². The Kier molecular flexibility index (Phi) is 4.12. The summed E-state index contributed by atoms with van der Waals surface area (Å²) in [5, 5.41) is 20.1. The number of aryl methyl sites for hydroxylation is 2. The second-order valence-electron chi connectivity index (χ2n) is 4.25. The van der Waals surface area contributed by atoms with E-state index >= 15 is 0 Å². The number of rotatable bonds is 5. The first-order valence-corrected chi connectivity index (χ1v) is 6.09. The van der Waals surface area contributed by atoms with Crippen LogP contribution in [0.5, 0.6) is 5.75 Å². The van der Waals surface area contributed by atoms with Crippen LogP contribution < -0.4 is 5.32 Å². The number of benzene rings is 1.